The number of amides is 1. The number of rotatable bonds is 7. The van der Waals surface area contributed by atoms with Gasteiger partial charge in [-0.3, -0.25) is 14.5 Å². The summed E-state index contributed by atoms with van der Waals surface area (Å²) in [5.41, 5.74) is 2.51. The number of aryl methyl sites for hydroxylation is 1. The molecular formula is C33H34F3N5O3. The van der Waals surface area contributed by atoms with Gasteiger partial charge < -0.3 is 19.5 Å². The molecule has 2 aromatic heterocycles. The van der Waals surface area contributed by atoms with Crippen LogP contribution in [0.25, 0.3) is 11.0 Å². The molecule has 0 unspecified atom stereocenters. The monoisotopic (exact) mass is 605 g/mol. The van der Waals surface area contributed by atoms with Crippen LogP contribution in [0, 0.1) is 6.92 Å². The zero-order chi connectivity index (χ0) is 31.0. The minimum atomic E-state index is -4.55. The van der Waals surface area contributed by atoms with Gasteiger partial charge in [-0.05, 0) is 66.6 Å². The van der Waals surface area contributed by atoms with Crippen molar-refractivity contribution in [2.24, 2.45) is 0 Å². The molecule has 0 atom stereocenters. The van der Waals surface area contributed by atoms with E-state index in [-0.39, 0.29) is 43.0 Å². The van der Waals surface area contributed by atoms with Crippen molar-refractivity contribution in [3.63, 3.8) is 0 Å². The molecule has 0 saturated carbocycles. The zero-order valence-electron chi connectivity index (χ0n) is 24.7. The molecule has 1 amide bonds. The third kappa shape index (κ3) is 6.34. The van der Waals surface area contributed by atoms with Gasteiger partial charge in [-0.1, -0.05) is 19.1 Å². The van der Waals surface area contributed by atoms with E-state index < -0.39 is 17.6 Å². The number of alkyl halides is 3. The summed E-state index contributed by atoms with van der Waals surface area (Å²) in [4.78, 5) is 39.4. The molecule has 44 heavy (non-hydrogen) atoms. The third-order valence-electron chi connectivity index (χ3n) is 8.42. The van der Waals surface area contributed by atoms with E-state index in [1.165, 1.54) is 11.0 Å². The average molecular weight is 606 g/mol. The molecule has 11 heteroatoms. The zero-order valence-corrected chi connectivity index (χ0v) is 24.7. The minimum absolute atomic E-state index is 0.131. The highest BCUT2D eigenvalue weighted by atomic mass is 19.4. The van der Waals surface area contributed by atoms with Gasteiger partial charge >= 0.3 is 6.18 Å². The number of Topliss-reactive ketones (excluding diaryl/α,β-unsaturated/α-hetero) is 1. The summed E-state index contributed by atoms with van der Waals surface area (Å²) >= 11 is 0. The van der Waals surface area contributed by atoms with Crippen molar-refractivity contribution in [3.8, 4) is 11.5 Å². The van der Waals surface area contributed by atoms with Gasteiger partial charge in [0.25, 0.3) is 0 Å². The van der Waals surface area contributed by atoms with Crippen LogP contribution in [0.3, 0.4) is 0 Å². The lowest BCUT2D eigenvalue weighted by Crippen LogP contribution is -2.45. The Morgan fingerprint density at radius 1 is 1.00 bits per heavy atom. The number of nitrogens with zero attached hydrogens (tertiary/aromatic N) is 4. The van der Waals surface area contributed by atoms with Crippen LogP contribution in [-0.2, 0) is 30.5 Å². The maximum Gasteiger partial charge on any atom is 0.416 e. The molecule has 1 saturated heterocycles. The summed E-state index contributed by atoms with van der Waals surface area (Å²) in [6.45, 7) is 8.23. The van der Waals surface area contributed by atoms with Gasteiger partial charge in [0.2, 0.25) is 5.91 Å². The first-order valence-corrected chi connectivity index (χ1v) is 14.8. The number of aromatic amines is 1. The molecule has 0 bridgehead atoms. The number of hydrogen-bond donors (Lipinski definition) is 1. The number of carbonyl (C=O) groups is 2. The molecule has 6 rings (SSSR count). The lowest BCUT2D eigenvalue weighted by atomic mass is 9.97. The third-order valence-corrected chi connectivity index (χ3v) is 8.42. The summed E-state index contributed by atoms with van der Waals surface area (Å²) in [5, 5.41) is 0.818. The quantitative estimate of drug-likeness (QED) is 0.296. The number of ketones is 1. The second-order valence-corrected chi connectivity index (χ2v) is 11.5. The first kappa shape index (κ1) is 29.8. The SMILES string of the molecule is CCN1CCN(Cc2ccc(CC(=O)N3CC(=O)c4ccc(Oc5ccnc6[nH]c(C)cc56)cc4C3)cc2C(F)(F)F)CC1. The number of hydrogen-bond acceptors (Lipinski definition) is 6. The number of fused-ring (bicyclic) bond motifs is 2. The number of halogens is 3. The van der Waals surface area contributed by atoms with Crippen LogP contribution in [0.4, 0.5) is 13.2 Å². The van der Waals surface area contributed by atoms with E-state index in [1.807, 2.05) is 17.9 Å². The molecule has 0 radical (unpaired) electrons. The number of likely N-dealkylation sites (N-methyl/N-ethyl adjacent to an activating group) is 1. The van der Waals surface area contributed by atoms with Crippen LogP contribution in [0.1, 0.15) is 45.2 Å². The van der Waals surface area contributed by atoms with E-state index in [0.717, 1.165) is 36.8 Å². The molecule has 1 N–H and O–H groups in total. The Bertz CT molecular complexity index is 1710. The predicted octanol–water partition coefficient (Wildman–Crippen LogP) is 5.59. The normalized spacial score (nSPS) is 16.4. The molecule has 2 aliphatic heterocycles. The summed E-state index contributed by atoms with van der Waals surface area (Å²) in [6, 6.07) is 13.0. The molecule has 230 valence electrons. The van der Waals surface area contributed by atoms with Gasteiger partial charge in [0.15, 0.2) is 5.78 Å². The van der Waals surface area contributed by atoms with Crippen LogP contribution in [0.15, 0.2) is 54.7 Å². The summed E-state index contributed by atoms with van der Waals surface area (Å²) in [7, 11) is 0. The fraction of sp³-hybridized carbons (Fsp3) is 0.364. The van der Waals surface area contributed by atoms with Gasteiger partial charge in [0.05, 0.1) is 23.9 Å². The molecule has 4 aromatic rings. The van der Waals surface area contributed by atoms with E-state index in [1.54, 1.807) is 36.5 Å². The highest BCUT2D eigenvalue weighted by Gasteiger charge is 2.35. The fourth-order valence-electron chi connectivity index (χ4n) is 6.01. The molecule has 8 nitrogen and oxygen atoms in total. The maximum absolute atomic E-state index is 14.1. The second-order valence-electron chi connectivity index (χ2n) is 11.5. The number of H-pyrrole nitrogens is 1. The van der Waals surface area contributed by atoms with Crippen molar-refractivity contribution in [2.75, 3.05) is 39.3 Å². The largest absolute Gasteiger partial charge is 0.457 e. The number of ether oxygens (including phenoxy) is 1. The molecule has 0 spiro atoms. The highest BCUT2D eigenvalue weighted by molar-refractivity contribution is 6.02. The van der Waals surface area contributed by atoms with Gasteiger partial charge in [0.1, 0.15) is 17.1 Å². The Morgan fingerprint density at radius 2 is 1.77 bits per heavy atom. The Labute approximate surface area is 253 Å². The number of piperazine rings is 1. The minimum Gasteiger partial charge on any atom is -0.457 e. The Hall–Kier alpha value is -4.22. The lowest BCUT2D eigenvalue weighted by molar-refractivity contribution is -0.138. The molecular weight excluding hydrogens is 571 g/mol. The van der Waals surface area contributed by atoms with E-state index in [4.69, 9.17) is 4.74 Å². The van der Waals surface area contributed by atoms with E-state index in [0.29, 0.717) is 41.4 Å². The number of benzene rings is 2. The van der Waals surface area contributed by atoms with Crippen LogP contribution >= 0.6 is 0 Å². The summed E-state index contributed by atoms with van der Waals surface area (Å²) < 4.78 is 48.4. The number of pyridine rings is 1. The molecule has 2 aromatic carbocycles. The van der Waals surface area contributed by atoms with Crippen LogP contribution in [0.5, 0.6) is 11.5 Å². The first-order chi connectivity index (χ1) is 21.1. The summed E-state index contributed by atoms with van der Waals surface area (Å²) in [6.07, 6.45) is -3.14. The molecule has 2 aliphatic rings. The van der Waals surface area contributed by atoms with Crippen LogP contribution < -0.4 is 4.74 Å². The van der Waals surface area contributed by atoms with Crippen molar-refractivity contribution in [1.82, 2.24) is 24.7 Å². The summed E-state index contributed by atoms with van der Waals surface area (Å²) in [5.74, 6) is 0.457. The Balaban J connectivity index is 1.16. The van der Waals surface area contributed by atoms with Crippen molar-refractivity contribution in [2.45, 2.75) is 39.5 Å². The second kappa shape index (κ2) is 12.0. The standard InChI is InChI=1S/C33H34F3N5O3/c1-3-39-10-12-40(13-11-39)18-23-5-4-22(15-28(23)33(34,35)36)16-31(43)41-19-24-17-25(6-7-26(24)29(42)20-41)44-30-8-9-37-32-27(30)14-21(2)38-32/h4-9,14-15,17H,3,10-13,16,18-20H2,1-2H3,(H,37,38). The number of carbonyl (C=O) groups excluding carboxylic acids is 2. The highest BCUT2D eigenvalue weighted by Crippen LogP contribution is 2.35. The van der Waals surface area contributed by atoms with E-state index >= 15 is 0 Å². The Morgan fingerprint density at radius 3 is 2.52 bits per heavy atom. The molecule has 0 aliphatic carbocycles. The van der Waals surface area contributed by atoms with Crippen molar-refractivity contribution in [1.29, 1.82) is 0 Å². The van der Waals surface area contributed by atoms with Crippen LogP contribution in [-0.4, -0.2) is 75.6 Å². The fourth-order valence-corrected chi connectivity index (χ4v) is 6.01. The van der Waals surface area contributed by atoms with Gasteiger partial charge in [-0.2, -0.15) is 13.2 Å². The predicted molar refractivity (Wildman–Crippen MR) is 160 cm³/mol. The smallest absolute Gasteiger partial charge is 0.416 e. The average Bonchev–Trinajstić information content (AvgIpc) is 3.39. The van der Waals surface area contributed by atoms with Crippen molar-refractivity contribution in [3.05, 3.63) is 88.2 Å². The number of nitrogens with one attached hydrogen (secondary N) is 1. The van der Waals surface area contributed by atoms with Crippen molar-refractivity contribution >= 4 is 22.7 Å². The lowest BCUT2D eigenvalue weighted by Gasteiger charge is -2.34. The maximum atomic E-state index is 14.1. The Kier molecular flexibility index (Phi) is 8.17. The van der Waals surface area contributed by atoms with Crippen LogP contribution in [0.2, 0.25) is 0 Å². The van der Waals surface area contributed by atoms with Gasteiger partial charge in [-0.25, -0.2) is 4.98 Å². The van der Waals surface area contributed by atoms with E-state index in [2.05, 4.69) is 21.8 Å². The van der Waals surface area contributed by atoms with Crippen molar-refractivity contribution < 1.29 is 27.5 Å². The molecule has 1 fully saturated rings. The van der Waals surface area contributed by atoms with E-state index in [9.17, 15) is 22.8 Å². The molecule has 4 heterocycles. The van der Waals surface area contributed by atoms with Gasteiger partial charge in [-0.15, -0.1) is 0 Å². The number of aromatic nitrogens is 2. The van der Waals surface area contributed by atoms with Gasteiger partial charge in [0, 0.05) is 56.7 Å². The first-order valence-electron chi connectivity index (χ1n) is 14.8. The topological polar surface area (TPSA) is 81.8 Å².